The highest BCUT2D eigenvalue weighted by molar-refractivity contribution is 7.89. The van der Waals surface area contributed by atoms with E-state index in [4.69, 9.17) is 4.74 Å². The van der Waals surface area contributed by atoms with Gasteiger partial charge in [0.15, 0.2) is 0 Å². The molecule has 1 saturated heterocycles. The van der Waals surface area contributed by atoms with Gasteiger partial charge < -0.3 is 9.64 Å². The van der Waals surface area contributed by atoms with Gasteiger partial charge in [-0.05, 0) is 69.6 Å². The number of benzene rings is 1. The van der Waals surface area contributed by atoms with E-state index >= 15 is 0 Å². The minimum absolute atomic E-state index is 0.293. The molecule has 1 fully saturated rings. The van der Waals surface area contributed by atoms with Crippen LogP contribution in [-0.4, -0.2) is 46.6 Å². The monoisotopic (exact) mass is 312 g/mol. The molecule has 1 aromatic carbocycles. The number of sulfonamides is 1. The van der Waals surface area contributed by atoms with Crippen molar-refractivity contribution in [1.82, 2.24) is 9.62 Å². The van der Waals surface area contributed by atoms with E-state index in [1.54, 1.807) is 25.3 Å². The second-order valence-corrected chi connectivity index (χ2v) is 7.20. The zero-order valence-corrected chi connectivity index (χ0v) is 13.6. The molecular formula is C15H24N2O3S. The summed E-state index contributed by atoms with van der Waals surface area (Å²) in [6, 6.07) is 4.91. The van der Waals surface area contributed by atoms with Gasteiger partial charge in [0.1, 0.15) is 5.75 Å². The fourth-order valence-electron chi connectivity index (χ4n) is 2.62. The van der Waals surface area contributed by atoms with E-state index < -0.39 is 10.0 Å². The van der Waals surface area contributed by atoms with Crippen molar-refractivity contribution in [3.63, 3.8) is 0 Å². The Bertz CT molecular complexity index is 566. The molecule has 0 atom stereocenters. The van der Waals surface area contributed by atoms with Crippen molar-refractivity contribution in [2.45, 2.75) is 31.1 Å². The van der Waals surface area contributed by atoms with E-state index in [1.807, 2.05) is 6.92 Å². The van der Waals surface area contributed by atoms with E-state index in [9.17, 15) is 8.42 Å². The predicted octanol–water partition coefficient (Wildman–Crippen LogP) is 1.77. The molecule has 1 aliphatic heterocycles. The largest absolute Gasteiger partial charge is 0.496 e. The van der Waals surface area contributed by atoms with Gasteiger partial charge in [-0.15, -0.1) is 0 Å². The summed E-state index contributed by atoms with van der Waals surface area (Å²) in [6.07, 6.45) is 3.36. The van der Waals surface area contributed by atoms with E-state index in [-0.39, 0.29) is 0 Å². The number of hydrogen-bond donors (Lipinski definition) is 1. The molecule has 1 heterocycles. The highest BCUT2D eigenvalue weighted by Crippen LogP contribution is 2.21. The molecule has 118 valence electrons. The first-order valence-corrected chi connectivity index (χ1v) is 8.88. The van der Waals surface area contributed by atoms with Crippen LogP contribution < -0.4 is 9.46 Å². The number of methoxy groups -OCH3 is 1. The van der Waals surface area contributed by atoms with Gasteiger partial charge in [-0.25, -0.2) is 13.1 Å². The molecule has 1 aliphatic rings. The third-order valence-corrected chi connectivity index (χ3v) is 5.28. The number of ether oxygens (including phenoxy) is 1. The number of hydrogen-bond acceptors (Lipinski definition) is 4. The molecule has 0 bridgehead atoms. The summed E-state index contributed by atoms with van der Waals surface area (Å²) in [7, 11) is -1.85. The van der Waals surface area contributed by atoms with Crippen molar-refractivity contribution in [1.29, 1.82) is 0 Å². The zero-order valence-electron chi connectivity index (χ0n) is 12.8. The first-order valence-electron chi connectivity index (χ1n) is 7.39. The van der Waals surface area contributed by atoms with Crippen LogP contribution >= 0.6 is 0 Å². The Labute approximate surface area is 127 Å². The second-order valence-electron chi connectivity index (χ2n) is 5.43. The normalized spacial score (nSPS) is 16.3. The lowest BCUT2D eigenvalue weighted by Gasteiger charge is -2.14. The molecule has 1 aromatic rings. The van der Waals surface area contributed by atoms with Crippen LogP contribution in [0.2, 0.25) is 0 Å². The first kappa shape index (κ1) is 16.3. The SMILES string of the molecule is COc1ccc(S(=O)(=O)NCCCN2CCCC2)cc1C. The van der Waals surface area contributed by atoms with Crippen molar-refractivity contribution in [2.24, 2.45) is 0 Å². The van der Waals surface area contributed by atoms with Crippen LogP contribution in [-0.2, 0) is 10.0 Å². The quantitative estimate of drug-likeness (QED) is 0.780. The molecule has 0 aliphatic carbocycles. The molecule has 0 aromatic heterocycles. The van der Waals surface area contributed by atoms with E-state index in [2.05, 4.69) is 9.62 Å². The first-order chi connectivity index (χ1) is 10.0. The van der Waals surface area contributed by atoms with Crippen molar-refractivity contribution in [3.05, 3.63) is 23.8 Å². The maximum Gasteiger partial charge on any atom is 0.240 e. The van der Waals surface area contributed by atoms with Crippen molar-refractivity contribution in [2.75, 3.05) is 33.3 Å². The van der Waals surface area contributed by atoms with Gasteiger partial charge >= 0.3 is 0 Å². The van der Waals surface area contributed by atoms with Crippen LogP contribution in [0, 0.1) is 6.92 Å². The van der Waals surface area contributed by atoms with Gasteiger partial charge in [0.05, 0.1) is 12.0 Å². The van der Waals surface area contributed by atoms with Crippen LogP contribution in [0.1, 0.15) is 24.8 Å². The van der Waals surface area contributed by atoms with Gasteiger partial charge in [-0.2, -0.15) is 0 Å². The average Bonchev–Trinajstić information content (AvgIpc) is 2.97. The Balaban J connectivity index is 1.87. The second kappa shape index (κ2) is 7.24. The maximum atomic E-state index is 12.2. The molecule has 6 heteroatoms. The molecule has 0 saturated carbocycles. The Morgan fingerprint density at radius 3 is 2.62 bits per heavy atom. The number of rotatable bonds is 7. The van der Waals surface area contributed by atoms with Crippen LogP contribution in [0.15, 0.2) is 23.1 Å². The summed E-state index contributed by atoms with van der Waals surface area (Å²) < 4.78 is 32.2. The molecule has 0 radical (unpaired) electrons. The Morgan fingerprint density at radius 2 is 2.00 bits per heavy atom. The van der Waals surface area contributed by atoms with E-state index in [1.165, 1.54) is 12.8 Å². The smallest absolute Gasteiger partial charge is 0.240 e. The summed E-state index contributed by atoms with van der Waals surface area (Å²) >= 11 is 0. The van der Waals surface area contributed by atoms with Gasteiger partial charge in [0, 0.05) is 6.54 Å². The Hall–Kier alpha value is -1.11. The molecule has 21 heavy (non-hydrogen) atoms. The standard InChI is InChI=1S/C15H24N2O3S/c1-13-12-14(6-7-15(13)20-2)21(18,19)16-8-5-11-17-9-3-4-10-17/h6-7,12,16H,3-5,8-11H2,1-2H3. The minimum atomic E-state index is -3.43. The highest BCUT2D eigenvalue weighted by atomic mass is 32.2. The third-order valence-electron chi connectivity index (χ3n) is 3.82. The molecule has 0 unspecified atom stereocenters. The summed E-state index contributed by atoms with van der Waals surface area (Å²) in [5.74, 6) is 0.697. The average molecular weight is 312 g/mol. The molecule has 0 amide bonds. The third kappa shape index (κ3) is 4.43. The molecule has 0 spiro atoms. The highest BCUT2D eigenvalue weighted by Gasteiger charge is 2.15. The molecule has 1 N–H and O–H groups in total. The van der Waals surface area contributed by atoms with Crippen LogP contribution in [0.25, 0.3) is 0 Å². The van der Waals surface area contributed by atoms with Gasteiger partial charge in [0.2, 0.25) is 10.0 Å². The lowest BCUT2D eigenvalue weighted by Crippen LogP contribution is -2.28. The van der Waals surface area contributed by atoms with Gasteiger partial charge in [-0.1, -0.05) is 0 Å². The lowest BCUT2D eigenvalue weighted by atomic mass is 10.2. The van der Waals surface area contributed by atoms with Crippen molar-refractivity contribution in [3.8, 4) is 5.75 Å². The maximum absolute atomic E-state index is 12.2. The number of likely N-dealkylation sites (tertiary alicyclic amines) is 1. The summed E-state index contributed by atoms with van der Waals surface area (Å²) in [5.41, 5.74) is 0.817. The number of nitrogens with zero attached hydrogens (tertiary/aromatic N) is 1. The van der Waals surface area contributed by atoms with E-state index in [0.29, 0.717) is 17.2 Å². The zero-order chi connectivity index (χ0) is 15.3. The molecular weight excluding hydrogens is 288 g/mol. The van der Waals surface area contributed by atoms with Crippen LogP contribution in [0.3, 0.4) is 0 Å². The summed E-state index contributed by atoms with van der Waals surface area (Å²) in [5, 5.41) is 0. The predicted molar refractivity (Wildman–Crippen MR) is 83.2 cm³/mol. The Morgan fingerprint density at radius 1 is 1.29 bits per heavy atom. The molecule has 2 rings (SSSR count). The van der Waals surface area contributed by atoms with Crippen molar-refractivity contribution < 1.29 is 13.2 Å². The fourth-order valence-corrected chi connectivity index (χ4v) is 3.78. The fraction of sp³-hybridized carbons (Fsp3) is 0.600. The summed E-state index contributed by atoms with van der Waals surface area (Å²) in [6.45, 7) is 5.56. The molecule has 5 nitrogen and oxygen atoms in total. The van der Waals surface area contributed by atoms with Crippen LogP contribution in [0.4, 0.5) is 0 Å². The van der Waals surface area contributed by atoms with Crippen molar-refractivity contribution >= 4 is 10.0 Å². The van der Waals surface area contributed by atoms with Gasteiger partial charge in [0.25, 0.3) is 0 Å². The minimum Gasteiger partial charge on any atom is -0.496 e. The topological polar surface area (TPSA) is 58.6 Å². The lowest BCUT2D eigenvalue weighted by molar-refractivity contribution is 0.334. The van der Waals surface area contributed by atoms with Gasteiger partial charge in [-0.3, -0.25) is 0 Å². The van der Waals surface area contributed by atoms with Crippen LogP contribution in [0.5, 0.6) is 5.75 Å². The number of nitrogens with one attached hydrogen (secondary N) is 1. The van der Waals surface area contributed by atoms with E-state index in [0.717, 1.165) is 31.6 Å². The summed E-state index contributed by atoms with van der Waals surface area (Å²) in [4.78, 5) is 2.67. The number of aryl methyl sites for hydroxylation is 1. The Kier molecular flexibility index (Phi) is 5.61.